The Bertz CT molecular complexity index is 546. The van der Waals surface area contributed by atoms with Crippen molar-refractivity contribution in [2.24, 2.45) is 5.92 Å². The molecule has 1 saturated heterocycles. The molecule has 0 spiro atoms. The van der Waals surface area contributed by atoms with Gasteiger partial charge >= 0.3 is 12.1 Å². The Morgan fingerprint density at radius 2 is 2.00 bits per heavy atom. The zero-order chi connectivity index (χ0) is 15.8. The molecule has 0 radical (unpaired) electrons. The maximum Gasteiger partial charge on any atom is 0.410 e. The van der Waals surface area contributed by atoms with Gasteiger partial charge in [0.2, 0.25) is 0 Å². The third-order valence-electron chi connectivity index (χ3n) is 3.42. The van der Waals surface area contributed by atoms with Crippen molar-refractivity contribution in [2.45, 2.75) is 39.2 Å². The number of thiophene rings is 1. The molecule has 2 unspecified atom stereocenters. The second-order valence-electron chi connectivity index (χ2n) is 6.38. The summed E-state index contributed by atoms with van der Waals surface area (Å²) in [4.78, 5) is 27.3. The molecule has 2 heterocycles. The first-order valence-electron chi connectivity index (χ1n) is 6.94. The van der Waals surface area contributed by atoms with Crippen molar-refractivity contribution in [1.82, 2.24) is 4.90 Å². The molecule has 116 valence electrons. The van der Waals surface area contributed by atoms with E-state index in [2.05, 4.69) is 0 Å². The fourth-order valence-electron chi connectivity index (χ4n) is 2.47. The Hall–Kier alpha value is -1.56. The topological polar surface area (TPSA) is 66.8 Å². The van der Waals surface area contributed by atoms with Crippen molar-refractivity contribution in [3.63, 3.8) is 0 Å². The lowest BCUT2D eigenvalue weighted by Gasteiger charge is -2.24. The molecule has 1 amide bonds. The Labute approximate surface area is 128 Å². The van der Waals surface area contributed by atoms with Gasteiger partial charge in [-0.15, -0.1) is 11.3 Å². The number of ether oxygens (including phenoxy) is 1. The number of aryl methyl sites for hydroxylation is 1. The van der Waals surface area contributed by atoms with Crippen molar-refractivity contribution in [3.05, 3.63) is 21.9 Å². The number of nitrogens with zero attached hydrogens (tertiary/aromatic N) is 1. The molecule has 2 rings (SSSR count). The summed E-state index contributed by atoms with van der Waals surface area (Å²) in [6.45, 7) is 7.99. The molecule has 1 N–H and O–H groups in total. The average Bonchev–Trinajstić information content (AvgIpc) is 2.91. The molecule has 2 atom stereocenters. The lowest BCUT2D eigenvalue weighted by Crippen LogP contribution is -2.35. The molecule has 21 heavy (non-hydrogen) atoms. The summed E-state index contributed by atoms with van der Waals surface area (Å²) in [5.74, 6) is -1.60. The Balaban J connectivity index is 2.15. The van der Waals surface area contributed by atoms with Crippen LogP contribution in [0.5, 0.6) is 0 Å². The van der Waals surface area contributed by atoms with E-state index in [-0.39, 0.29) is 12.5 Å². The number of carboxylic acids is 1. The van der Waals surface area contributed by atoms with E-state index in [1.54, 1.807) is 32.1 Å². The van der Waals surface area contributed by atoms with Crippen LogP contribution >= 0.6 is 11.3 Å². The van der Waals surface area contributed by atoms with Gasteiger partial charge < -0.3 is 14.7 Å². The first kappa shape index (κ1) is 15.8. The van der Waals surface area contributed by atoms with E-state index in [4.69, 9.17) is 4.74 Å². The van der Waals surface area contributed by atoms with Crippen LogP contribution in [-0.2, 0) is 9.53 Å². The number of likely N-dealkylation sites (tertiary alicyclic amines) is 1. The SMILES string of the molecule is Cc1ccc(C2CN(C(=O)OC(C)(C)C)CC2C(=O)O)s1. The quantitative estimate of drug-likeness (QED) is 0.911. The molecular formula is C15H21NO4S. The molecular weight excluding hydrogens is 290 g/mol. The number of aliphatic carboxylic acids is 1. The Morgan fingerprint density at radius 1 is 1.33 bits per heavy atom. The van der Waals surface area contributed by atoms with Crippen molar-refractivity contribution >= 4 is 23.4 Å². The first-order chi connectivity index (χ1) is 9.67. The summed E-state index contributed by atoms with van der Waals surface area (Å²) in [5.41, 5.74) is -0.576. The highest BCUT2D eigenvalue weighted by molar-refractivity contribution is 7.12. The van der Waals surface area contributed by atoms with Crippen LogP contribution in [0.15, 0.2) is 12.1 Å². The lowest BCUT2D eigenvalue weighted by atomic mass is 9.95. The minimum absolute atomic E-state index is 0.159. The summed E-state index contributed by atoms with van der Waals surface area (Å²) < 4.78 is 5.34. The van der Waals surface area contributed by atoms with Crippen molar-refractivity contribution in [1.29, 1.82) is 0 Å². The Morgan fingerprint density at radius 3 is 2.48 bits per heavy atom. The van der Waals surface area contributed by atoms with Gasteiger partial charge in [-0.1, -0.05) is 0 Å². The summed E-state index contributed by atoms with van der Waals surface area (Å²) in [7, 11) is 0. The molecule has 1 aromatic rings. The zero-order valence-corrected chi connectivity index (χ0v) is 13.6. The van der Waals surface area contributed by atoms with Gasteiger partial charge in [0.05, 0.1) is 5.92 Å². The number of rotatable bonds is 2. The fourth-order valence-corrected chi connectivity index (χ4v) is 3.50. The highest BCUT2D eigenvalue weighted by atomic mass is 32.1. The average molecular weight is 311 g/mol. The molecule has 1 fully saturated rings. The van der Waals surface area contributed by atoms with Crippen LogP contribution in [0.2, 0.25) is 0 Å². The molecule has 0 aromatic carbocycles. The minimum Gasteiger partial charge on any atom is -0.481 e. The van der Waals surface area contributed by atoms with Gasteiger partial charge in [-0.3, -0.25) is 4.79 Å². The fraction of sp³-hybridized carbons (Fsp3) is 0.600. The molecule has 5 nitrogen and oxygen atoms in total. The van der Waals surface area contributed by atoms with Crippen LogP contribution in [0.4, 0.5) is 4.79 Å². The monoisotopic (exact) mass is 311 g/mol. The van der Waals surface area contributed by atoms with E-state index in [9.17, 15) is 14.7 Å². The number of amides is 1. The third-order valence-corrected chi connectivity index (χ3v) is 4.55. The second-order valence-corrected chi connectivity index (χ2v) is 7.70. The van der Waals surface area contributed by atoms with Crippen molar-refractivity contribution < 1.29 is 19.4 Å². The van der Waals surface area contributed by atoms with E-state index in [1.807, 2.05) is 19.1 Å². The predicted molar refractivity (Wildman–Crippen MR) is 80.7 cm³/mol. The highest BCUT2D eigenvalue weighted by Crippen LogP contribution is 2.37. The molecule has 0 saturated carbocycles. The molecule has 0 bridgehead atoms. The van der Waals surface area contributed by atoms with Gasteiger partial charge in [-0.25, -0.2) is 4.79 Å². The van der Waals surface area contributed by atoms with Crippen molar-refractivity contribution in [3.8, 4) is 0 Å². The normalized spacial score (nSPS) is 22.4. The van der Waals surface area contributed by atoms with Crippen LogP contribution < -0.4 is 0 Å². The lowest BCUT2D eigenvalue weighted by molar-refractivity contribution is -0.141. The summed E-state index contributed by atoms with van der Waals surface area (Å²) in [6.07, 6.45) is -0.440. The molecule has 1 aromatic heterocycles. The molecule has 1 aliphatic heterocycles. The predicted octanol–water partition coefficient (Wildman–Crippen LogP) is 3.09. The smallest absolute Gasteiger partial charge is 0.410 e. The van der Waals surface area contributed by atoms with E-state index in [0.717, 1.165) is 9.75 Å². The number of carbonyl (C=O) groups is 2. The third kappa shape index (κ3) is 3.75. The van der Waals surface area contributed by atoms with Gasteiger partial charge in [0.25, 0.3) is 0 Å². The van der Waals surface area contributed by atoms with Crippen LogP contribution in [-0.4, -0.2) is 40.8 Å². The summed E-state index contributed by atoms with van der Waals surface area (Å²) in [6, 6.07) is 3.94. The van der Waals surface area contributed by atoms with Crippen molar-refractivity contribution in [2.75, 3.05) is 13.1 Å². The van der Waals surface area contributed by atoms with Gasteiger partial charge in [0, 0.05) is 28.8 Å². The second kappa shape index (κ2) is 5.67. The zero-order valence-electron chi connectivity index (χ0n) is 12.8. The van der Waals surface area contributed by atoms with E-state index >= 15 is 0 Å². The molecule has 6 heteroatoms. The van der Waals surface area contributed by atoms with Crippen LogP contribution in [0.25, 0.3) is 0 Å². The maximum atomic E-state index is 12.1. The van der Waals surface area contributed by atoms with Gasteiger partial charge in [0.1, 0.15) is 5.60 Å². The maximum absolute atomic E-state index is 12.1. The van der Waals surface area contributed by atoms with Crippen LogP contribution in [0, 0.1) is 12.8 Å². The summed E-state index contributed by atoms with van der Waals surface area (Å²) >= 11 is 1.59. The van der Waals surface area contributed by atoms with Gasteiger partial charge in [-0.2, -0.15) is 0 Å². The molecule has 1 aliphatic rings. The summed E-state index contributed by atoms with van der Waals surface area (Å²) in [5, 5.41) is 9.41. The largest absolute Gasteiger partial charge is 0.481 e. The standard InChI is InChI=1S/C15H21NO4S/c1-9-5-6-12(21-9)10-7-16(8-11(10)13(17)18)14(19)20-15(2,3)4/h5-6,10-11H,7-8H2,1-4H3,(H,17,18). The highest BCUT2D eigenvalue weighted by Gasteiger charge is 2.42. The molecule has 0 aliphatic carbocycles. The minimum atomic E-state index is -0.864. The van der Waals surface area contributed by atoms with E-state index in [1.165, 1.54) is 4.90 Å². The Kier molecular flexibility index (Phi) is 4.27. The number of carboxylic acid groups (broad SMARTS) is 1. The number of hydrogen-bond acceptors (Lipinski definition) is 4. The van der Waals surface area contributed by atoms with Crippen LogP contribution in [0.3, 0.4) is 0 Å². The van der Waals surface area contributed by atoms with Crippen LogP contribution in [0.1, 0.15) is 36.4 Å². The number of carbonyl (C=O) groups excluding carboxylic acids is 1. The number of hydrogen-bond donors (Lipinski definition) is 1. The van der Waals surface area contributed by atoms with Gasteiger partial charge in [0.15, 0.2) is 0 Å². The van der Waals surface area contributed by atoms with E-state index < -0.39 is 23.6 Å². The first-order valence-corrected chi connectivity index (χ1v) is 7.76. The van der Waals surface area contributed by atoms with E-state index in [0.29, 0.717) is 6.54 Å². The van der Waals surface area contributed by atoms with Gasteiger partial charge in [-0.05, 0) is 39.8 Å².